The molecule has 0 atom stereocenters. The van der Waals surface area contributed by atoms with Gasteiger partial charge in [-0.05, 0) is 47.9 Å². The van der Waals surface area contributed by atoms with Gasteiger partial charge in [-0.3, -0.25) is 0 Å². The monoisotopic (exact) mass is 364 g/mol. The number of aryl methyl sites for hydroxylation is 1. The van der Waals surface area contributed by atoms with Crippen LogP contribution in [0.4, 0.5) is 0 Å². The Kier molecular flexibility index (Phi) is 5.08. The topological polar surface area (TPSA) is 12.9 Å². The van der Waals surface area contributed by atoms with E-state index in [0.717, 1.165) is 32.7 Å². The zero-order chi connectivity index (χ0) is 16.5. The van der Waals surface area contributed by atoms with Crippen LogP contribution in [0.5, 0.6) is 0 Å². The van der Waals surface area contributed by atoms with Crippen molar-refractivity contribution in [3.63, 3.8) is 0 Å². The molecule has 0 bridgehead atoms. The molecule has 124 valence electrons. The van der Waals surface area contributed by atoms with Crippen LogP contribution in [0.25, 0.3) is 33.3 Å². The molecule has 0 N–H and O–H groups in total. The van der Waals surface area contributed by atoms with Crippen molar-refractivity contribution < 1.29 is 12.4 Å². The normalized spacial score (nSPS) is 10.5. The summed E-state index contributed by atoms with van der Waals surface area (Å²) in [5.41, 5.74) is 6.65. The standard InChI is InChI=1S/C22H16ClN.ClH/c1-15-7-5-6-10-18(15)22-14-19(16-8-3-2-4-9-16)20-13-17(23)11-12-21(20)24-22;/h2-14H,1H3;1H/p-1. The van der Waals surface area contributed by atoms with Gasteiger partial charge in [0.25, 0.3) is 0 Å². The van der Waals surface area contributed by atoms with Gasteiger partial charge in [0.2, 0.25) is 0 Å². The van der Waals surface area contributed by atoms with Crippen molar-refractivity contribution in [3.05, 3.63) is 89.4 Å². The molecule has 0 saturated heterocycles. The van der Waals surface area contributed by atoms with Crippen molar-refractivity contribution in [1.82, 2.24) is 4.98 Å². The molecule has 0 spiro atoms. The van der Waals surface area contributed by atoms with Gasteiger partial charge in [-0.15, -0.1) is 0 Å². The summed E-state index contributed by atoms with van der Waals surface area (Å²) in [4.78, 5) is 4.87. The quantitative estimate of drug-likeness (QED) is 0.530. The van der Waals surface area contributed by atoms with E-state index in [0.29, 0.717) is 0 Å². The second-order valence-corrected chi connectivity index (χ2v) is 6.33. The Bertz CT molecular complexity index is 1030. The predicted octanol–water partition coefficient (Wildman–Crippen LogP) is 3.53. The zero-order valence-corrected chi connectivity index (χ0v) is 15.2. The number of hydrogen-bond acceptors (Lipinski definition) is 1. The lowest BCUT2D eigenvalue weighted by molar-refractivity contribution is -0.00000465. The summed E-state index contributed by atoms with van der Waals surface area (Å²) >= 11 is 6.23. The molecule has 3 heteroatoms. The van der Waals surface area contributed by atoms with Gasteiger partial charge >= 0.3 is 0 Å². The first-order valence-electron chi connectivity index (χ1n) is 7.94. The largest absolute Gasteiger partial charge is 1.00 e. The third-order valence-corrected chi connectivity index (χ3v) is 4.51. The van der Waals surface area contributed by atoms with Gasteiger partial charge in [-0.1, -0.05) is 66.2 Å². The maximum atomic E-state index is 6.23. The maximum Gasteiger partial charge on any atom is 0.0718 e. The van der Waals surface area contributed by atoms with Crippen LogP contribution in [0.1, 0.15) is 5.56 Å². The summed E-state index contributed by atoms with van der Waals surface area (Å²) in [6, 6.07) is 26.8. The van der Waals surface area contributed by atoms with E-state index in [1.54, 1.807) is 0 Å². The lowest BCUT2D eigenvalue weighted by Gasteiger charge is -2.12. The number of rotatable bonds is 2. The van der Waals surface area contributed by atoms with E-state index in [4.69, 9.17) is 16.6 Å². The van der Waals surface area contributed by atoms with Crippen molar-refractivity contribution >= 4 is 22.5 Å². The smallest absolute Gasteiger partial charge is 0.0718 e. The number of aromatic nitrogens is 1. The Morgan fingerprint density at radius 1 is 0.760 bits per heavy atom. The molecule has 0 fully saturated rings. The average Bonchev–Trinajstić information content (AvgIpc) is 2.62. The molecule has 0 unspecified atom stereocenters. The van der Waals surface area contributed by atoms with E-state index < -0.39 is 0 Å². The Balaban J connectivity index is 0.00000182. The highest BCUT2D eigenvalue weighted by Gasteiger charge is 2.11. The van der Waals surface area contributed by atoms with Crippen LogP contribution in [0.15, 0.2) is 78.9 Å². The molecule has 1 aromatic heterocycles. The van der Waals surface area contributed by atoms with Gasteiger partial charge in [-0.2, -0.15) is 0 Å². The fourth-order valence-electron chi connectivity index (χ4n) is 3.05. The Morgan fingerprint density at radius 2 is 1.48 bits per heavy atom. The lowest BCUT2D eigenvalue weighted by Crippen LogP contribution is -3.00. The lowest BCUT2D eigenvalue weighted by atomic mass is 9.97. The highest BCUT2D eigenvalue weighted by molar-refractivity contribution is 6.31. The number of halogens is 2. The maximum absolute atomic E-state index is 6.23. The van der Waals surface area contributed by atoms with Gasteiger partial charge in [0.15, 0.2) is 0 Å². The molecular weight excluding hydrogens is 349 g/mol. The molecule has 0 radical (unpaired) electrons. The van der Waals surface area contributed by atoms with Crippen LogP contribution in [-0.2, 0) is 0 Å². The third kappa shape index (κ3) is 3.39. The number of fused-ring (bicyclic) bond motifs is 1. The SMILES string of the molecule is Cc1ccccc1-c1cc(-c2ccccc2)c2cc(Cl)ccc2n1.[Cl-]. The summed E-state index contributed by atoms with van der Waals surface area (Å²) in [5, 5.41) is 1.80. The van der Waals surface area contributed by atoms with E-state index in [1.165, 1.54) is 11.1 Å². The van der Waals surface area contributed by atoms with E-state index >= 15 is 0 Å². The molecule has 0 aliphatic rings. The van der Waals surface area contributed by atoms with E-state index in [-0.39, 0.29) is 12.4 Å². The van der Waals surface area contributed by atoms with Crippen molar-refractivity contribution in [3.8, 4) is 22.4 Å². The Labute approximate surface area is 158 Å². The molecule has 4 aromatic rings. The molecule has 3 aromatic carbocycles. The molecule has 0 saturated carbocycles. The summed E-state index contributed by atoms with van der Waals surface area (Å²) in [6.45, 7) is 2.12. The third-order valence-electron chi connectivity index (χ3n) is 4.28. The summed E-state index contributed by atoms with van der Waals surface area (Å²) in [7, 11) is 0. The molecule has 0 aliphatic carbocycles. The molecule has 0 amide bonds. The molecule has 1 heterocycles. The molecule has 1 nitrogen and oxygen atoms in total. The highest BCUT2D eigenvalue weighted by Crippen LogP contribution is 2.34. The van der Waals surface area contributed by atoms with E-state index in [2.05, 4.69) is 61.5 Å². The minimum atomic E-state index is 0. The second kappa shape index (κ2) is 7.26. The van der Waals surface area contributed by atoms with E-state index in [9.17, 15) is 0 Å². The van der Waals surface area contributed by atoms with Crippen LogP contribution in [0.3, 0.4) is 0 Å². The number of benzene rings is 3. The van der Waals surface area contributed by atoms with Gasteiger partial charge in [0, 0.05) is 16.0 Å². The average molecular weight is 365 g/mol. The number of hydrogen-bond donors (Lipinski definition) is 0. The van der Waals surface area contributed by atoms with Crippen molar-refractivity contribution in [2.24, 2.45) is 0 Å². The van der Waals surface area contributed by atoms with Gasteiger partial charge < -0.3 is 12.4 Å². The zero-order valence-electron chi connectivity index (χ0n) is 13.7. The molecule has 25 heavy (non-hydrogen) atoms. The van der Waals surface area contributed by atoms with Crippen molar-refractivity contribution in [2.75, 3.05) is 0 Å². The van der Waals surface area contributed by atoms with Crippen LogP contribution in [0.2, 0.25) is 5.02 Å². The second-order valence-electron chi connectivity index (χ2n) is 5.90. The molecule has 0 aliphatic heterocycles. The Hall–Kier alpha value is -2.35. The first kappa shape index (κ1) is 17.5. The summed E-state index contributed by atoms with van der Waals surface area (Å²) < 4.78 is 0. The summed E-state index contributed by atoms with van der Waals surface area (Å²) in [5.74, 6) is 0. The van der Waals surface area contributed by atoms with Gasteiger partial charge in [0.1, 0.15) is 0 Å². The van der Waals surface area contributed by atoms with Crippen molar-refractivity contribution in [2.45, 2.75) is 6.92 Å². The first-order valence-corrected chi connectivity index (χ1v) is 8.32. The number of nitrogens with zero attached hydrogens (tertiary/aromatic N) is 1. The van der Waals surface area contributed by atoms with Crippen LogP contribution in [-0.4, -0.2) is 4.98 Å². The molecule has 4 rings (SSSR count). The molecular formula is C22H16Cl2N-. The van der Waals surface area contributed by atoms with Crippen LogP contribution < -0.4 is 12.4 Å². The number of pyridine rings is 1. The van der Waals surface area contributed by atoms with Crippen LogP contribution >= 0.6 is 11.6 Å². The van der Waals surface area contributed by atoms with E-state index in [1.807, 2.05) is 24.3 Å². The fraction of sp³-hybridized carbons (Fsp3) is 0.0455. The minimum absolute atomic E-state index is 0. The van der Waals surface area contributed by atoms with Crippen LogP contribution in [0, 0.1) is 6.92 Å². The summed E-state index contributed by atoms with van der Waals surface area (Å²) in [6.07, 6.45) is 0. The van der Waals surface area contributed by atoms with Crippen molar-refractivity contribution in [1.29, 1.82) is 0 Å². The first-order chi connectivity index (χ1) is 11.7. The minimum Gasteiger partial charge on any atom is -1.00 e. The Morgan fingerprint density at radius 3 is 2.24 bits per heavy atom. The highest BCUT2D eigenvalue weighted by atomic mass is 35.5. The fourth-order valence-corrected chi connectivity index (χ4v) is 3.22. The predicted molar refractivity (Wildman–Crippen MR) is 102 cm³/mol. The van der Waals surface area contributed by atoms with Gasteiger partial charge in [0.05, 0.1) is 11.2 Å². The van der Waals surface area contributed by atoms with Gasteiger partial charge in [-0.25, -0.2) is 4.98 Å².